The first kappa shape index (κ1) is 29.6. The highest BCUT2D eigenvalue weighted by atomic mass is 35.5. The molecule has 0 bridgehead atoms. The van der Waals surface area contributed by atoms with Crippen molar-refractivity contribution in [1.29, 1.82) is 0 Å². The molecule has 0 N–H and O–H groups in total. The lowest BCUT2D eigenvalue weighted by atomic mass is 9.87. The summed E-state index contributed by atoms with van der Waals surface area (Å²) in [6.45, 7) is 4.09. The minimum absolute atomic E-state index is 0.107. The van der Waals surface area contributed by atoms with Crippen LogP contribution in [0, 0.1) is 10.1 Å². The molecule has 0 aliphatic carbocycles. The molecule has 3 aromatic carbocycles. The Bertz CT molecular complexity index is 1540. The molecule has 10 nitrogen and oxygen atoms in total. The van der Waals surface area contributed by atoms with Gasteiger partial charge >= 0.3 is 0 Å². The fourth-order valence-corrected chi connectivity index (χ4v) is 6.85. The van der Waals surface area contributed by atoms with Crippen molar-refractivity contribution in [2.45, 2.75) is 24.6 Å². The van der Waals surface area contributed by atoms with Gasteiger partial charge in [-0.05, 0) is 32.0 Å². The number of rotatable bonds is 9. The maximum atomic E-state index is 11.4. The summed E-state index contributed by atoms with van der Waals surface area (Å²) in [5.74, 6) is -0.781. The number of halogens is 3. The van der Waals surface area contributed by atoms with Crippen LogP contribution in [-0.2, 0) is 15.3 Å². The number of non-ortho nitro benzene ring substituents is 1. The average Bonchev–Trinajstić information content (AvgIpc) is 3.34. The molecule has 2 heterocycles. The molecular weight excluding hydrogens is 617 g/mol. The highest BCUT2D eigenvalue weighted by Gasteiger charge is 2.69. The van der Waals surface area contributed by atoms with Crippen LogP contribution in [0.2, 0.25) is 15.1 Å². The van der Waals surface area contributed by atoms with E-state index in [9.17, 15) is 10.1 Å². The highest BCUT2D eigenvalue weighted by Crippen LogP contribution is 2.62. The number of hydrazone groups is 1. The van der Waals surface area contributed by atoms with E-state index in [1.807, 2.05) is 13.8 Å². The van der Waals surface area contributed by atoms with Crippen LogP contribution >= 0.6 is 46.8 Å². The Labute approximate surface area is 255 Å². The third-order valence-electron chi connectivity index (χ3n) is 6.49. The first-order valence-electron chi connectivity index (χ1n) is 12.4. The summed E-state index contributed by atoms with van der Waals surface area (Å²) < 4.78 is 32.7. The molecule has 0 aromatic heterocycles. The van der Waals surface area contributed by atoms with Crippen LogP contribution in [0.15, 0.2) is 53.6 Å². The Morgan fingerprint density at radius 2 is 1.68 bits per heavy atom. The van der Waals surface area contributed by atoms with Gasteiger partial charge in [0.05, 0.1) is 35.4 Å². The zero-order valence-corrected chi connectivity index (χ0v) is 25.4. The second-order valence-electron chi connectivity index (χ2n) is 8.71. The van der Waals surface area contributed by atoms with E-state index >= 15 is 0 Å². The molecule has 2 aliphatic rings. The predicted octanol–water partition coefficient (Wildman–Crippen LogP) is 7.46. The minimum Gasteiger partial charge on any atom is -0.496 e. The van der Waals surface area contributed by atoms with Crippen LogP contribution in [0.25, 0.3) is 0 Å². The third kappa shape index (κ3) is 4.65. The first-order valence-corrected chi connectivity index (χ1v) is 14.3. The zero-order chi connectivity index (χ0) is 29.5. The summed E-state index contributed by atoms with van der Waals surface area (Å²) in [6, 6.07) is 12.7. The van der Waals surface area contributed by atoms with Gasteiger partial charge in [0.1, 0.15) is 22.2 Å². The molecule has 41 heavy (non-hydrogen) atoms. The minimum atomic E-state index is -1.66. The van der Waals surface area contributed by atoms with Crippen molar-refractivity contribution in [3.8, 4) is 17.2 Å². The maximum Gasteiger partial charge on any atom is 0.284 e. The van der Waals surface area contributed by atoms with Gasteiger partial charge in [-0.3, -0.25) is 10.1 Å². The van der Waals surface area contributed by atoms with Gasteiger partial charge in [0.2, 0.25) is 4.93 Å². The average molecular weight is 641 g/mol. The second-order valence-corrected chi connectivity index (χ2v) is 11.0. The molecule has 0 saturated carbocycles. The van der Waals surface area contributed by atoms with Gasteiger partial charge in [-0.25, -0.2) is 4.41 Å². The number of anilines is 1. The van der Waals surface area contributed by atoms with Gasteiger partial charge in [0.15, 0.2) is 5.75 Å². The molecule has 3 aromatic rings. The number of fused-ring (bicyclic) bond motifs is 3. The van der Waals surface area contributed by atoms with E-state index in [-0.39, 0.29) is 34.7 Å². The SMILES string of the molecule is CCO[C@]1(c2ccc(Cl)cc2)Oc2c(Cl)c(OC)cc(OC)c2C2=NN(c3ccc([N+](=O)[O-])cc3Cl)S[C@@]21OCC. The molecule has 0 fully saturated rings. The van der Waals surface area contributed by atoms with E-state index in [0.29, 0.717) is 39.0 Å². The molecule has 0 spiro atoms. The number of nitrogens with zero attached hydrogens (tertiary/aromatic N) is 3. The summed E-state index contributed by atoms with van der Waals surface area (Å²) >= 11 is 20.8. The Balaban J connectivity index is 1.85. The van der Waals surface area contributed by atoms with Crippen LogP contribution in [0.5, 0.6) is 17.2 Å². The van der Waals surface area contributed by atoms with E-state index in [1.54, 1.807) is 30.3 Å². The van der Waals surface area contributed by atoms with Crippen LogP contribution < -0.4 is 18.6 Å². The van der Waals surface area contributed by atoms with E-state index in [2.05, 4.69) is 0 Å². The first-order chi connectivity index (χ1) is 19.7. The molecule has 0 unspecified atom stereocenters. The van der Waals surface area contributed by atoms with Crippen molar-refractivity contribution in [3.63, 3.8) is 0 Å². The topological polar surface area (TPSA) is 105 Å². The normalized spacial score (nSPS) is 21.0. The Kier molecular flexibility index (Phi) is 8.21. The number of hydrogen-bond acceptors (Lipinski definition) is 10. The van der Waals surface area contributed by atoms with Crippen LogP contribution in [0.4, 0.5) is 11.4 Å². The lowest BCUT2D eigenvalue weighted by Gasteiger charge is -2.49. The van der Waals surface area contributed by atoms with Gasteiger partial charge in [-0.2, -0.15) is 5.10 Å². The molecule has 0 saturated heterocycles. The molecule has 2 atom stereocenters. The molecule has 0 amide bonds. The zero-order valence-electron chi connectivity index (χ0n) is 22.3. The monoisotopic (exact) mass is 639 g/mol. The van der Waals surface area contributed by atoms with Gasteiger partial charge in [-0.1, -0.05) is 46.9 Å². The van der Waals surface area contributed by atoms with E-state index in [1.165, 1.54) is 36.8 Å². The number of methoxy groups -OCH3 is 2. The van der Waals surface area contributed by atoms with Gasteiger partial charge in [-0.15, -0.1) is 0 Å². The Morgan fingerprint density at radius 3 is 2.27 bits per heavy atom. The molecule has 0 radical (unpaired) electrons. The molecule has 216 valence electrons. The van der Waals surface area contributed by atoms with Crippen molar-refractivity contribution in [2.24, 2.45) is 5.10 Å². The number of ether oxygens (including phenoxy) is 5. The van der Waals surface area contributed by atoms with Crippen molar-refractivity contribution < 1.29 is 28.6 Å². The van der Waals surface area contributed by atoms with Gasteiger partial charge in [0, 0.05) is 53.9 Å². The fourth-order valence-electron chi connectivity index (χ4n) is 4.79. The van der Waals surface area contributed by atoms with E-state index < -0.39 is 15.6 Å². The summed E-state index contributed by atoms with van der Waals surface area (Å²) in [4.78, 5) is 9.34. The highest BCUT2D eigenvalue weighted by molar-refractivity contribution is 8.03. The smallest absolute Gasteiger partial charge is 0.284 e. The van der Waals surface area contributed by atoms with Gasteiger partial charge in [0.25, 0.3) is 11.5 Å². The number of nitro groups is 1. The van der Waals surface area contributed by atoms with Crippen LogP contribution in [-0.4, -0.2) is 43.0 Å². The summed E-state index contributed by atoms with van der Waals surface area (Å²) in [7, 11) is 2.99. The van der Waals surface area contributed by atoms with Crippen molar-refractivity contribution in [3.05, 3.63) is 84.8 Å². The Morgan fingerprint density at radius 1 is 1.00 bits per heavy atom. The number of benzene rings is 3. The number of hydrogen-bond donors (Lipinski definition) is 0. The van der Waals surface area contributed by atoms with Crippen molar-refractivity contribution in [1.82, 2.24) is 0 Å². The maximum absolute atomic E-state index is 11.4. The lowest BCUT2D eigenvalue weighted by molar-refractivity contribution is -0.384. The van der Waals surface area contributed by atoms with Crippen molar-refractivity contribution >= 4 is 63.8 Å². The van der Waals surface area contributed by atoms with E-state index in [4.69, 9.17) is 63.6 Å². The van der Waals surface area contributed by atoms with Crippen molar-refractivity contribution in [2.75, 3.05) is 31.8 Å². The van der Waals surface area contributed by atoms with E-state index in [0.717, 1.165) is 11.9 Å². The Hall–Kier alpha value is -2.93. The number of nitro benzene ring substituents is 1. The largest absolute Gasteiger partial charge is 0.496 e. The third-order valence-corrected chi connectivity index (χ3v) is 8.69. The molecule has 5 rings (SSSR count). The molecule has 14 heteroatoms. The quantitative estimate of drug-likeness (QED) is 0.134. The standard InChI is InChI=1S/C27H24Cl3N3O7S/c1-5-38-26(15-7-9-16(28)10-8-15)27(39-6-2)25(22-20(36-3)14-21(37-4)23(30)24(22)40-26)31-32(41-27)19-12-11-17(33(34)35)13-18(19)29/h7-14H,5-6H2,1-4H3/t26-,27+/m1/s1. The van der Waals surface area contributed by atoms with Gasteiger partial charge < -0.3 is 23.7 Å². The summed E-state index contributed by atoms with van der Waals surface area (Å²) in [5, 5.41) is 17.1. The second kappa shape index (κ2) is 11.4. The predicted molar refractivity (Wildman–Crippen MR) is 159 cm³/mol. The lowest BCUT2D eigenvalue weighted by Crippen LogP contribution is -2.63. The summed E-state index contributed by atoms with van der Waals surface area (Å²) in [5.41, 5.74) is 1.57. The van der Waals surface area contributed by atoms with Crippen LogP contribution in [0.1, 0.15) is 25.0 Å². The van der Waals surface area contributed by atoms with Crippen LogP contribution in [0.3, 0.4) is 0 Å². The molecular formula is C27H24Cl3N3O7S. The summed E-state index contributed by atoms with van der Waals surface area (Å²) in [6.07, 6.45) is 0. The molecule has 2 aliphatic heterocycles. The fraction of sp³-hybridized carbons (Fsp3) is 0.296.